The van der Waals surface area contributed by atoms with Crippen LogP contribution < -0.4 is 5.32 Å². The number of carbonyl (C=O) groups excluding carboxylic acids is 1. The summed E-state index contributed by atoms with van der Waals surface area (Å²) < 4.78 is 23.6. The quantitative estimate of drug-likeness (QED) is 0.0243. The van der Waals surface area contributed by atoms with Crippen LogP contribution >= 0.6 is 7.82 Å². The van der Waals surface area contributed by atoms with E-state index in [1.807, 2.05) is 21.1 Å². The van der Waals surface area contributed by atoms with Gasteiger partial charge in [0.05, 0.1) is 39.9 Å². The number of phosphoric acid groups is 1. The molecule has 9 heteroatoms. The number of unbranched alkanes of at least 4 members (excludes halogenated alkanes) is 14. The molecule has 372 valence electrons. The summed E-state index contributed by atoms with van der Waals surface area (Å²) in [7, 11) is 1.57. The maximum atomic E-state index is 12.9. The van der Waals surface area contributed by atoms with Crippen LogP contribution in [0.25, 0.3) is 0 Å². The second-order valence-electron chi connectivity index (χ2n) is 18.2. The predicted molar refractivity (Wildman–Crippen MR) is 281 cm³/mol. The van der Waals surface area contributed by atoms with E-state index in [0.717, 1.165) is 103 Å². The molecule has 0 saturated carbocycles. The summed E-state index contributed by atoms with van der Waals surface area (Å²) in [5.41, 5.74) is 0. The van der Waals surface area contributed by atoms with Crippen molar-refractivity contribution in [3.05, 3.63) is 109 Å². The molecule has 0 bridgehead atoms. The Bertz CT molecular complexity index is 1420. The number of hydrogen-bond acceptors (Lipinski definition) is 5. The number of quaternary nitrogens is 1. The third kappa shape index (κ3) is 48.9. The van der Waals surface area contributed by atoms with Crippen LogP contribution in [-0.4, -0.2) is 73.4 Å². The fourth-order valence-electron chi connectivity index (χ4n) is 6.74. The number of aliphatic hydroxyl groups is 1. The number of carbonyl (C=O) groups is 1. The van der Waals surface area contributed by atoms with Gasteiger partial charge in [-0.25, -0.2) is 4.57 Å². The number of aliphatic hydroxyl groups excluding tert-OH is 1. The maximum Gasteiger partial charge on any atom is 0.472 e. The summed E-state index contributed by atoms with van der Waals surface area (Å²) in [4.78, 5) is 23.2. The predicted octanol–water partition coefficient (Wildman–Crippen LogP) is 15.3. The molecule has 65 heavy (non-hydrogen) atoms. The first-order valence-corrected chi connectivity index (χ1v) is 27.2. The van der Waals surface area contributed by atoms with Crippen LogP contribution in [0.1, 0.15) is 187 Å². The Balaban J connectivity index is 4.29. The minimum Gasteiger partial charge on any atom is -0.391 e. The van der Waals surface area contributed by atoms with Crippen LogP contribution in [0.3, 0.4) is 0 Å². The SMILES string of the molecule is CC/C=C\C/C=C\C/C=C\C/C=C\C/C=C\C/C=C\C/C=C\C/C=C\C/C=C\CCCCCC(=O)NC(COP(=O)(O)OCC[N+](C)(C)C)C(O)CCCCCCCCCCCCCC. The third-order valence-electron chi connectivity index (χ3n) is 10.8. The van der Waals surface area contributed by atoms with Crippen molar-refractivity contribution < 1.29 is 32.9 Å². The molecule has 0 saturated heterocycles. The average Bonchev–Trinajstić information content (AvgIpc) is 3.26. The lowest BCUT2D eigenvalue weighted by molar-refractivity contribution is -0.870. The molecule has 0 spiro atoms. The number of likely N-dealkylation sites (N-methyl/N-ethyl adjacent to an activating group) is 1. The van der Waals surface area contributed by atoms with Crippen LogP contribution in [-0.2, 0) is 18.4 Å². The number of rotatable bonds is 45. The third-order valence-corrected chi connectivity index (χ3v) is 11.8. The number of nitrogens with one attached hydrogen (secondary N) is 1. The number of amides is 1. The van der Waals surface area contributed by atoms with Crippen molar-refractivity contribution in [2.75, 3.05) is 40.9 Å². The second-order valence-corrected chi connectivity index (χ2v) is 19.6. The Morgan fingerprint density at radius 3 is 1.34 bits per heavy atom. The highest BCUT2D eigenvalue weighted by Crippen LogP contribution is 2.43. The minimum absolute atomic E-state index is 0.0615. The van der Waals surface area contributed by atoms with Gasteiger partial charge in [0, 0.05) is 6.42 Å². The molecule has 3 N–H and O–H groups in total. The molecule has 0 rings (SSSR count). The Morgan fingerprint density at radius 1 is 0.538 bits per heavy atom. The highest BCUT2D eigenvalue weighted by atomic mass is 31.2. The topological polar surface area (TPSA) is 105 Å². The first-order valence-electron chi connectivity index (χ1n) is 25.8. The van der Waals surface area contributed by atoms with Crippen LogP contribution in [0.15, 0.2) is 109 Å². The monoisotopic (exact) mass is 926 g/mol. The molecule has 0 aliphatic heterocycles. The number of phosphoric ester groups is 1. The lowest BCUT2D eigenvalue weighted by Crippen LogP contribution is -2.46. The van der Waals surface area contributed by atoms with Gasteiger partial charge in [0.25, 0.3) is 0 Å². The van der Waals surface area contributed by atoms with Gasteiger partial charge in [0.1, 0.15) is 13.2 Å². The van der Waals surface area contributed by atoms with Crippen molar-refractivity contribution >= 4 is 13.7 Å². The first kappa shape index (κ1) is 62.2. The standard InChI is InChI=1S/C56H97N2O6P/c1-6-8-10-12-14-16-18-20-21-22-23-24-25-26-27-28-29-30-31-32-33-34-35-36-37-38-40-42-44-46-48-50-56(60)57-54(53-64-65(61,62)63-52-51-58(3,4)5)55(59)49-47-45-43-41-39-19-17-15-13-11-9-7-2/h8,10,14,16,20-21,23-24,26-27,29-30,32-33,35-36,38,40,54-55,59H,6-7,9,11-13,15,17-19,22,25,28,31,34,37,39,41-53H2,1-5H3,(H-,57,60,61,62)/p+1/b10-8-,16-14-,21-20-,24-23-,27-26-,30-29-,33-32-,36-35-,40-38-. The smallest absolute Gasteiger partial charge is 0.391 e. The van der Waals surface area contributed by atoms with Gasteiger partial charge in [0.15, 0.2) is 0 Å². The van der Waals surface area contributed by atoms with Gasteiger partial charge in [-0.1, -0.05) is 207 Å². The Morgan fingerprint density at radius 2 is 0.923 bits per heavy atom. The molecule has 8 nitrogen and oxygen atoms in total. The summed E-state index contributed by atoms with van der Waals surface area (Å²) in [6, 6.07) is -0.785. The normalized spacial score (nSPS) is 15.0. The molecule has 1 amide bonds. The molecule has 0 aromatic carbocycles. The van der Waals surface area contributed by atoms with Crippen molar-refractivity contribution in [2.24, 2.45) is 0 Å². The molecule has 0 aromatic rings. The maximum absolute atomic E-state index is 12.9. The van der Waals surface area contributed by atoms with Gasteiger partial charge in [-0.15, -0.1) is 0 Å². The van der Waals surface area contributed by atoms with Crippen LogP contribution in [0.4, 0.5) is 0 Å². The largest absolute Gasteiger partial charge is 0.472 e. The zero-order valence-electron chi connectivity index (χ0n) is 42.2. The molecule has 0 aromatic heterocycles. The van der Waals surface area contributed by atoms with Gasteiger partial charge in [-0.05, 0) is 83.5 Å². The van der Waals surface area contributed by atoms with Gasteiger partial charge in [-0.3, -0.25) is 13.8 Å². The van der Waals surface area contributed by atoms with E-state index in [1.54, 1.807) is 0 Å². The van der Waals surface area contributed by atoms with E-state index in [0.29, 0.717) is 23.9 Å². The van der Waals surface area contributed by atoms with E-state index in [4.69, 9.17) is 9.05 Å². The van der Waals surface area contributed by atoms with Crippen molar-refractivity contribution in [1.82, 2.24) is 5.32 Å². The van der Waals surface area contributed by atoms with Crippen LogP contribution in [0.5, 0.6) is 0 Å². The number of nitrogens with zero attached hydrogens (tertiary/aromatic N) is 1. The second kappa shape index (κ2) is 46.3. The van der Waals surface area contributed by atoms with Crippen molar-refractivity contribution in [1.29, 1.82) is 0 Å². The van der Waals surface area contributed by atoms with Gasteiger partial charge >= 0.3 is 7.82 Å². The molecule has 0 radical (unpaired) electrons. The molecular weight excluding hydrogens is 828 g/mol. The molecule has 0 aliphatic rings. The fraction of sp³-hybridized carbons (Fsp3) is 0.661. The Labute approximate surface area is 400 Å². The van der Waals surface area contributed by atoms with Crippen molar-refractivity contribution in [3.63, 3.8) is 0 Å². The van der Waals surface area contributed by atoms with Crippen molar-refractivity contribution in [3.8, 4) is 0 Å². The van der Waals surface area contributed by atoms with E-state index in [-0.39, 0.29) is 19.1 Å². The minimum atomic E-state index is -4.33. The van der Waals surface area contributed by atoms with E-state index < -0.39 is 20.0 Å². The average molecular weight is 926 g/mol. The van der Waals surface area contributed by atoms with Crippen molar-refractivity contribution in [2.45, 2.75) is 199 Å². The highest BCUT2D eigenvalue weighted by Gasteiger charge is 2.28. The summed E-state index contributed by atoms with van der Waals surface area (Å²) >= 11 is 0. The zero-order valence-corrected chi connectivity index (χ0v) is 43.1. The summed E-state index contributed by atoms with van der Waals surface area (Å²) in [5, 5.41) is 13.9. The lowest BCUT2D eigenvalue weighted by Gasteiger charge is -2.26. The molecule has 0 heterocycles. The first-order chi connectivity index (χ1) is 31.5. The van der Waals surface area contributed by atoms with E-state index >= 15 is 0 Å². The van der Waals surface area contributed by atoms with E-state index in [9.17, 15) is 19.4 Å². The molecule has 3 unspecified atom stereocenters. The lowest BCUT2D eigenvalue weighted by atomic mass is 10.0. The van der Waals surface area contributed by atoms with Gasteiger partial charge in [-0.2, -0.15) is 0 Å². The number of allylic oxidation sites excluding steroid dienone is 18. The summed E-state index contributed by atoms with van der Waals surface area (Å²) in [5.74, 6) is -0.182. The van der Waals surface area contributed by atoms with Crippen LogP contribution in [0.2, 0.25) is 0 Å². The molecular formula is C56H98N2O6P+. The van der Waals surface area contributed by atoms with Gasteiger partial charge in [0.2, 0.25) is 5.91 Å². The molecule has 0 aliphatic carbocycles. The fourth-order valence-corrected chi connectivity index (χ4v) is 7.48. The Hall–Kier alpha value is -2.84. The Kier molecular flexibility index (Phi) is 44.3. The van der Waals surface area contributed by atoms with Gasteiger partial charge < -0.3 is 19.8 Å². The summed E-state index contributed by atoms with van der Waals surface area (Å²) in [6.07, 6.45) is 67.0. The van der Waals surface area contributed by atoms with E-state index in [2.05, 4.69) is 129 Å². The zero-order chi connectivity index (χ0) is 47.8. The summed E-state index contributed by atoms with van der Waals surface area (Å²) in [6.45, 7) is 4.72. The highest BCUT2D eigenvalue weighted by molar-refractivity contribution is 7.47. The van der Waals surface area contributed by atoms with Crippen LogP contribution in [0, 0.1) is 0 Å². The number of hydrogen-bond donors (Lipinski definition) is 3. The molecule has 0 fully saturated rings. The van der Waals surface area contributed by atoms with E-state index in [1.165, 1.54) is 57.8 Å². The molecule has 3 atom stereocenters.